The first-order valence-corrected chi connectivity index (χ1v) is 5.94. The van der Waals surface area contributed by atoms with Gasteiger partial charge in [0, 0.05) is 16.6 Å². The highest BCUT2D eigenvalue weighted by Gasteiger charge is 2.03. The fourth-order valence-corrected chi connectivity index (χ4v) is 2.01. The predicted molar refractivity (Wildman–Crippen MR) is 68.3 cm³/mol. The third kappa shape index (κ3) is 2.82. The van der Waals surface area contributed by atoms with Crippen molar-refractivity contribution in [1.82, 2.24) is 4.98 Å². The van der Waals surface area contributed by atoms with E-state index in [1.165, 1.54) is 7.11 Å². The van der Waals surface area contributed by atoms with E-state index in [2.05, 4.69) is 15.0 Å². The van der Waals surface area contributed by atoms with Crippen LogP contribution < -0.4 is 5.32 Å². The zero-order valence-electron chi connectivity index (χ0n) is 9.56. The van der Waals surface area contributed by atoms with Gasteiger partial charge in [0.15, 0.2) is 0 Å². The highest BCUT2D eigenvalue weighted by Crippen LogP contribution is 2.22. The average Bonchev–Trinajstić information content (AvgIpc) is 2.77. The Kier molecular flexibility index (Phi) is 3.39. The molecule has 1 aromatic heterocycles. The molecule has 4 nitrogen and oxygen atoms in total. The standard InChI is InChI=1S/C12H12N2O2S/c1-8-13-11(7-17-8)9-3-5-10(6-4-9)14-12(15)16-2/h3-7H,1-2H3,(H,14,15). The minimum absolute atomic E-state index is 0.470. The van der Waals surface area contributed by atoms with E-state index < -0.39 is 6.09 Å². The molecule has 0 saturated carbocycles. The van der Waals surface area contributed by atoms with Crippen LogP contribution in [0.4, 0.5) is 10.5 Å². The molecule has 0 atom stereocenters. The molecule has 5 heteroatoms. The molecule has 0 aliphatic heterocycles. The minimum atomic E-state index is -0.470. The van der Waals surface area contributed by atoms with Gasteiger partial charge in [0.25, 0.3) is 0 Å². The molecule has 0 unspecified atom stereocenters. The highest BCUT2D eigenvalue weighted by atomic mass is 32.1. The molecule has 0 fully saturated rings. The molecule has 0 aliphatic rings. The fraction of sp³-hybridized carbons (Fsp3) is 0.167. The van der Waals surface area contributed by atoms with E-state index in [-0.39, 0.29) is 0 Å². The summed E-state index contributed by atoms with van der Waals surface area (Å²) in [6, 6.07) is 7.47. The molecule has 0 radical (unpaired) electrons. The Morgan fingerprint density at radius 3 is 2.59 bits per heavy atom. The van der Waals surface area contributed by atoms with E-state index in [1.54, 1.807) is 11.3 Å². The highest BCUT2D eigenvalue weighted by molar-refractivity contribution is 7.09. The lowest BCUT2D eigenvalue weighted by Gasteiger charge is -2.03. The maximum atomic E-state index is 11.0. The predicted octanol–water partition coefficient (Wildman–Crippen LogP) is 3.30. The lowest BCUT2D eigenvalue weighted by molar-refractivity contribution is 0.187. The third-order valence-corrected chi connectivity index (χ3v) is 3.00. The van der Waals surface area contributed by atoms with Crippen molar-refractivity contribution in [2.45, 2.75) is 6.92 Å². The number of thiazole rings is 1. The summed E-state index contributed by atoms with van der Waals surface area (Å²) < 4.78 is 4.51. The number of benzene rings is 1. The number of methoxy groups -OCH3 is 1. The van der Waals surface area contributed by atoms with Crippen LogP contribution in [0.25, 0.3) is 11.3 Å². The lowest BCUT2D eigenvalue weighted by Crippen LogP contribution is -2.10. The Labute approximate surface area is 103 Å². The number of ether oxygens (including phenoxy) is 1. The van der Waals surface area contributed by atoms with Crippen molar-refractivity contribution < 1.29 is 9.53 Å². The molecule has 88 valence electrons. The van der Waals surface area contributed by atoms with Crippen LogP contribution in [0.3, 0.4) is 0 Å². The number of carbonyl (C=O) groups excluding carboxylic acids is 1. The topological polar surface area (TPSA) is 51.2 Å². The van der Waals surface area contributed by atoms with Gasteiger partial charge in [-0.25, -0.2) is 9.78 Å². The second-order valence-corrected chi connectivity index (χ2v) is 4.51. The summed E-state index contributed by atoms with van der Waals surface area (Å²) in [7, 11) is 1.34. The molecule has 2 rings (SSSR count). The van der Waals surface area contributed by atoms with Gasteiger partial charge in [-0.05, 0) is 19.1 Å². The van der Waals surface area contributed by atoms with E-state index in [0.29, 0.717) is 5.69 Å². The molecule has 17 heavy (non-hydrogen) atoms. The molecule has 0 spiro atoms. The van der Waals surface area contributed by atoms with Crippen molar-refractivity contribution in [3.63, 3.8) is 0 Å². The van der Waals surface area contributed by atoms with Crippen LogP contribution in [0.5, 0.6) is 0 Å². The SMILES string of the molecule is COC(=O)Nc1ccc(-c2csc(C)n2)cc1. The summed E-state index contributed by atoms with van der Waals surface area (Å²) in [5, 5.41) is 5.65. The number of nitrogens with zero attached hydrogens (tertiary/aromatic N) is 1. The van der Waals surface area contributed by atoms with Crippen molar-refractivity contribution in [1.29, 1.82) is 0 Å². The number of aryl methyl sites for hydroxylation is 1. The Bertz CT molecular complexity index is 520. The van der Waals surface area contributed by atoms with Crippen LogP contribution in [0, 0.1) is 6.92 Å². The Hall–Kier alpha value is -1.88. The van der Waals surface area contributed by atoms with Gasteiger partial charge in [0.2, 0.25) is 0 Å². The number of aromatic nitrogens is 1. The zero-order valence-corrected chi connectivity index (χ0v) is 10.4. The van der Waals surface area contributed by atoms with Crippen molar-refractivity contribution >= 4 is 23.1 Å². The summed E-state index contributed by atoms with van der Waals surface area (Å²) in [6.07, 6.45) is -0.470. The smallest absolute Gasteiger partial charge is 0.411 e. The van der Waals surface area contributed by atoms with Gasteiger partial charge in [-0.15, -0.1) is 11.3 Å². The van der Waals surface area contributed by atoms with Gasteiger partial charge in [0.05, 0.1) is 17.8 Å². The number of rotatable bonds is 2. The Morgan fingerprint density at radius 2 is 2.06 bits per heavy atom. The van der Waals surface area contributed by atoms with Gasteiger partial charge in [0.1, 0.15) is 0 Å². The number of anilines is 1. The molecule has 1 amide bonds. The number of carbonyl (C=O) groups is 1. The first kappa shape index (κ1) is 11.6. The van der Waals surface area contributed by atoms with Crippen LogP contribution in [0.15, 0.2) is 29.6 Å². The van der Waals surface area contributed by atoms with E-state index in [4.69, 9.17) is 0 Å². The molecule has 0 saturated heterocycles. The quantitative estimate of drug-likeness (QED) is 0.887. The number of hydrogen-bond donors (Lipinski definition) is 1. The molecule has 1 N–H and O–H groups in total. The van der Waals surface area contributed by atoms with Crippen LogP contribution in [0.2, 0.25) is 0 Å². The first-order chi connectivity index (χ1) is 8.19. The molecule has 1 aromatic carbocycles. The molecule has 2 aromatic rings. The number of amides is 1. The second-order valence-electron chi connectivity index (χ2n) is 3.45. The van der Waals surface area contributed by atoms with E-state index in [1.807, 2.05) is 36.6 Å². The van der Waals surface area contributed by atoms with Crippen molar-refractivity contribution in [2.24, 2.45) is 0 Å². The molecule has 0 aliphatic carbocycles. The van der Waals surface area contributed by atoms with E-state index >= 15 is 0 Å². The Morgan fingerprint density at radius 1 is 1.35 bits per heavy atom. The van der Waals surface area contributed by atoms with E-state index in [0.717, 1.165) is 16.3 Å². The monoisotopic (exact) mass is 248 g/mol. The van der Waals surface area contributed by atoms with Crippen molar-refractivity contribution in [3.8, 4) is 11.3 Å². The second kappa shape index (κ2) is 4.97. The van der Waals surface area contributed by atoms with Crippen LogP contribution in [-0.2, 0) is 4.74 Å². The van der Waals surface area contributed by atoms with Gasteiger partial charge >= 0.3 is 6.09 Å². The summed E-state index contributed by atoms with van der Waals surface area (Å²) in [4.78, 5) is 15.4. The van der Waals surface area contributed by atoms with Crippen molar-refractivity contribution in [3.05, 3.63) is 34.7 Å². The lowest BCUT2D eigenvalue weighted by atomic mass is 10.1. The van der Waals surface area contributed by atoms with Gasteiger partial charge in [-0.2, -0.15) is 0 Å². The first-order valence-electron chi connectivity index (χ1n) is 5.06. The molecule has 0 bridgehead atoms. The van der Waals surface area contributed by atoms with Crippen LogP contribution in [0.1, 0.15) is 5.01 Å². The van der Waals surface area contributed by atoms with Gasteiger partial charge < -0.3 is 4.74 Å². The third-order valence-electron chi connectivity index (χ3n) is 2.23. The number of nitrogens with one attached hydrogen (secondary N) is 1. The van der Waals surface area contributed by atoms with Crippen LogP contribution in [-0.4, -0.2) is 18.2 Å². The molecular formula is C12H12N2O2S. The average molecular weight is 248 g/mol. The number of hydrogen-bond acceptors (Lipinski definition) is 4. The van der Waals surface area contributed by atoms with Gasteiger partial charge in [-0.1, -0.05) is 12.1 Å². The summed E-state index contributed by atoms with van der Waals surface area (Å²) in [5.41, 5.74) is 2.69. The molecular weight excluding hydrogens is 236 g/mol. The van der Waals surface area contributed by atoms with Gasteiger partial charge in [-0.3, -0.25) is 5.32 Å². The normalized spacial score (nSPS) is 10.0. The minimum Gasteiger partial charge on any atom is -0.453 e. The van der Waals surface area contributed by atoms with E-state index in [9.17, 15) is 4.79 Å². The molecule has 1 heterocycles. The Balaban J connectivity index is 2.15. The zero-order chi connectivity index (χ0) is 12.3. The van der Waals surface area contributed by atoms with Crippen LogP contribution >= 0.6 is 11.3 Å². The summed E-state index contributed by atoms with van der Waals surface area (Å²) in [6.45, 7) is 1.97. The maximum Gasteiger partial charge on any atom is 0.411 e. The van der Waals surface area contributed by atoms with Crippen molar-refractivity contribution in [2.75, 3.05) is 12.4 Å². The summed E-state index contributed by atoms with van der Waals surface area (Å²) in [5.74, 6) is 0. The maximum absolute atomic E-state index is 11.0. The fourth-order valence-electron chi connectivity index (χ4n) is 1.39. The summed E-state index contributed by atoms with van der Waals surface area (Å²) >= 11 is 1.62. The largest absolute Gasteiger partial charge is 0.453 e.